The largest absolute Gasteiger partial charge is 0.392 e. The van der Waals surface area contributed by atoms with Gasteiger partial charge in [0.25, 0.3) is 0 Å². The van der Waals surface area contributed by atoms with E-state index in [4.69, 9.17) is 5.11 Å². The van der Waals surface area contributed by atoms with Crippen molar-refractivity contribution in [2.45, 2.75) is 6.61 Å². The first-order chi connectivity index (χ1) is 8.78. The van der Waals surface area contributed by atoms with Crippen LogP contribution < -0.4 is 0 Å². The molecule has 4 heteroatoms. The summed E-state index contributed by atoms with van der Waals surface area (Å²) in [7, 11) is 1.95. The molecule has 3 aromatic rings. The molecule has 90 valence electrons. The van der Waals surface area contributed by atoms with E-state index in [0.717, 1.165) is 27.9 Å². The van der Waals surface area contributed by atoms with Gasteiger partial charge in [-0.15, -0.1) is 0 Å². The first-order valence-electron chi connectivity index (χ1n) is 5.75. The van der Waals surface area contributed by atoms with E-state index in [-0.39, 0.29) is 6.61 Å². The molecule has 1 aromatic carbocycles. The van der Waals surface area contributed by atoms with Gasteiger partial charge in [-0.2, -0.15) is 0 Å². The Labute approximate surface area is 105 Å². The summed E-state index contributed by atoms with van der Waals surface area (Å²) in [5.74, 6) is 0. The monoisotopic (exact) mass is 239 g/mol. The highest BCUT2D eigenvalue weighted by molar-refractivity contribution is 5.81. The number of imidazole rings is 1. The summed E-state index contributed by atoms with van der Waals surface area (Å²) < 4.78 is 1.94. The fraction of sp³-hybridized carbons (Fsp3) is 0.143. The molecule has 18 heavy (non-hydrogen) atoms. The summed E-state index contributed by atoms with van der Waals surface area (Å²) in [6.07, 6.45) is 3.56. The van der Waals surface area contributed by atoms with Crippen LogP contribution in [0.5, 0.6) is 0 Å². The molecule has 1 N–H and O–H groups in total. The molecular formula is C14H13N3O. The van der Waals surface area contributed by atoms with Crippen LogP contribution in [-0.2, 0) is 13.7 Å². The number of hydrogen-bond donors (Lipinski definition) is 1. The zero-order chi connectivity index (χ0) is 12.5. The Bertz CT molecular complexity index is 703. The average molecular weight is 239 g/mol. The van der Waals surface area contributed by atoms with Crippen molar-refractivity contribution in [3.63, 3.8) is 0 Å². The lowest BCUT2D eigenvalue weighted by molar-refractivity contribution is 0.282. The van der Waals surface area contributed by atoms with Gasteiger partial charge in [-0.25, -0.2) is 9.97 Å². The van der Waals surface area contributed by atoms with Crippen LogP contribution in [0.2, 0.25) is 0 Å². The lowest BCUT2D eigenvalue weighted by Gasteiger charge is -2.04. The van der Waals surface area contributed by atoms with Crippen molar-refractivity contribution in [2.75, 3.05) is 0 Å². The maximum Gasteiger partial charge on any atom is 0.0948 e. The highest BCUT2D eigenvalue weighted by Crippen LogP contribution is 2.21. The number of aryl methyl sites for hydroxylation is 1. The molecule has 0 fully saturated rings. The number of fused-ring (bicyclic) bond motifs is 1. The Kier molecular flexibility index (Phi) is 2.57. The molecule has 2 aromatic heterocycles. The van der Waals surface area contributed by atoms with Crippen LogP contribution in [0.4, 0.5) is 0 Å². The van der Waals surface area contributed by atoms with E-state index < -0.39 is 0 Å². The number of nitrogens with zero attached hydrogens (tertiary/aromatic N) is 3. The summed E-state index contributed by atoms with van der Waals surface area (Å²) in [6.45, 7) is 0.0550. The SMILES string of the molecule is Cn1cncc1-c1ccc2cc(CO)ccc2n1. The fourth-order valence-corrected chi connectivity index (χ4v) is 2.02. The standard InChI is InChI=1S/C14H13N3O/c1-17-9-15-7-14(17)13-5-3-11-6-10(8-18)2-4-12(11)16-13/h2-7,9,18H,8H2,1H3. The first kappa shape index (κ1) is 10.9. The molecule has 0 atom stereocenters. The van der Waals surface area contributed by atoms with Gasteiger partial charge in [-0.1, -0.05) is 12.1 Å². The predicted octanol–water partition coefficient (Wildman–Crippen LogP) is 2.13. The van der Waals surface area contributed by atoms with Gasteiger partial charge in [0, 0.05) is 12.4 Å². The van der Waals surface area contributed by atoms with Gasteiger partial charge in [0.15, 0.2) is 0 Å². The zero-order valence-corrected chi connectivity index (χ0v) is 10.0. The van der Waals surface area contributed by atoms with Crippen molar-refractivity contribution in [1.82, 2.24) is 14.5 Å². The Hall–Kier alpha value is -2.20. The third-order valence-corrected chi connectivity index (χ3v) is 3.02. The number of aliphatic hydroxyl groups is 1. The van der Waals surface area contributed by atoms with Gasteiger partial charge in [0.1, 0.15) is 0 Å². The van der Waals surface area contributed by atoms with Crippen molar-refractivity contribution >= 4 is 10.9 Å². The summed E-state index contributed by atoms with van der Waals surface area (Å²) in [5.41, 5.74) is 3.71. The van der Waals surface area contributed by atoms with E-state index in [1.54, 1.807) is 12.5 Å². The molecule has 0 bridgehead atoms. The van der Waals surface area contributed by atoms with E-state index in [1.807, 2.05) is 41.9 Å². The summed E-state index contributed by atoms with van der Waals surface area (Å²) in [5, 5.41) is 10.1. The molecule has 2 heterocycles. The van der Waals surface area contributed by atoms with Crippen LogP contribution in [0.3, 0.4) is 0 Å². The van der Waals surface area contributed by atoms with Gasteiger partial charge in [-0.3, -0.25) is 0 Å². The molecule has 4 nitrogen and oxygen atoms in total. The molecule has 0 saturated heterocycles. The fourth-order valence-electron chi connectivity index (χ4n) is 2.02. The molecule has 0 spiro atoms. The smallest absolute Gasteiger partial charge is 0.0948 e. The van der Waals surface area contributed by atoms with Crippen LogP contribution in [0.1, 0.15) is 5.56 Å². The van der Waals surface area contributed by atoms with Gasteiger partial charge in [-0.05, 0) is 23.8 Å². The summed E-state index contributed by atoms with van der Waals surface area (Å²) in [4.78, 5) is 8.71. The maximum atomic E-state index is 9.11. The van der Waals surface area contributed by atoms with Gasteiger partial charge in [0.05, 0.1) is 36.0 Å². The topological polar surface area (TPSA) is 50.9 Å². The van der Waals surface area contributed by atoms with Gasteiger partial charge < -0.3 is 9.67 Å². The van der Waals surface area contributed by atoms with E-state index >= 15 is 0 Å². The highest BCUT2D eigenvalue weighted by atomic mass is 16.3. The maximum absolute atomic E-state index is 9.11. The molecule has 0 unspecified atom stereocenters. The quantitative estimate of drug-likeness (QED) is 0.745. The van der Waals surface area contributed by atoms with Gasteiger partial charge >= 0.3 is 0 Å². The Morgan fingerprint density at radius 3 is 2.83 bits per heavy atom. The van der Waals surface area contributed by atoms with Crippen LogP contribution in [0.15, 0.2) is 42.9 Å². The molecule has 0 aliphatic carbocycles. The molecule has 0 aliphatic rings. The lowest BCUT2D eigenvalue weighted by Crippen LogP contribution is -1.92. The molecule has 0 saturated carbocycles. The Morgan fingerprint density at radius 2 is 2.11 bits per heavy atom. The van der Waals surface area contributed by atoms with E-state index in [1.165, 1.54) is 0 Å². The normalized spacial score (nSPS) is 11.0. The van der Waals surface area contributed by atoms with Crippen molar-refractivity contribution < 1.29 is 5.11 Å². The second-order valence-corrected chi connectivity index (χ2v) is 4.27. The number of hydrogen-bond acceptors (Lipinski definition) is 3. The number of rotatable bonds is 2. The van der Waals surface area contributed by atoms with E-state index in [9.17, 15) is 0 Å². The van der Waals surface area contributed by atoms with Crippen LogP contribution >= 0.6 is 0 Å². The molecule has 3 rings (SSSR count). The molecule has 0 aliphatic heterocycles. The van der Waals surface area contributed by atoms with Crippen molar-refractivity contribution in [1.29, 1.82) is 0 Å². The average Bonchev–Trinajstić information content (AvgIpc) is 2.84. The van der Waals surface area contributed by atoms with Gasteiger partial charge in [0.2, 0.25) is 0 Å². The molecule has 0 radical (unpaired) electrons. The van der Waals surface area contributed by atoms with E-state index in [0.29, 0.717) is 0 Å². The van der Waals surface area contributed by atoms with Crippen LogP contribution in [-0.4, -0.2) is 19.6 Å². The lowest BCUT2D eigenvalue weighted by atomic mass is 10.1. The highest BCUT2D eigenvalue weighted by Gasteiger charge is 2.05. The summed E-state index contributed by atoms with van der Waals surface area (Å²) in [6, 6.07) is 9.77. The minimum Gasteiger partial charge on any atom is -0.392 e. The van der Waals surface area contributed by atoms with Crippen LogP contribution in [0, 0.1) is 0 Å². The van der Waals surface area contributed by atoms with Crippen LogP contribution in [0.25, 0.3) is 22.3 Å². The second-order valence-electron chi connectivity index (χ2n) is 4.27. The number of aromatic nitrogens is 3. The van der Waals surface area contributed by atoms with Crippen molar-refractivity contribution in [2.24, 2.45) is 7.05 Å². The summed E-state index contributed by atoms with van der Waals surface area (Å²) >= 11 is 0. The second kappa shape index (κ2) is 4.23. The third kappa shape index (κ3) is 1.76. The first-order valence-corrected chi connectivity index (χ1v) is 5.75. The minimum atomic E-state index is 0.0550. The number of benzene rings is 1. The molecular weight excluding hydrogens is 226 g/mol. The third-order valence-electron chi connectivity index (χ3n) is 3.02. The van der Waals surface area contributed by atoms with E-state index in [2.05, 4.69) is 9.97 Å². The Morgan fingerprint density at radius 1 is 1.22 bits per heavy atom. The predicted molar refractivity (Wildman–Crippen MR) is 69.9 cm³/mol. The van der Waals surface area contributed by atoms with Crippen molar-refractivity contribution in [3.05, 3.63) is 48.4 Å². The zero-order valence-electron chi connectivity index (χ0n) is 10.0. The number of pyridine rings is 1. The number of aliphatic hydroxyl groups excluding tert-OH is 1. The minimum absolute atomic E-state index is 0.0550. The van der Waals surface area contributed by atoms with Crippen molar-refractivity contribution in [3.8, 4) is 11.4 Å². The molecule has 0 amide bonds. The Balaban J connectivity index is 2.15.